The molecule has 2 aromatic carbocycles. The molecule has 0 aromatic heterocycles. The molecule has 0 saturated heterocycles. The molecule has 3 rings (SSSR count). The quantitative estimate of drug-likeness (QED) is 0.222. The van der Waals surface area contributed by atoms with E-state index in [1.54, 1.807) is 0 Å². The van der Waals surface area contributed by atoms with Crippen molar-refractivity contribution in [3.8, 4) is 0 Å². The Morgan fingerprint density at radius 2 is 1.43 bits per heavy atom. The van der Waals surface area contributed by atoms with Gasteiger partial charge in [0.1, 0.15) is 6.29 Å². The summed E-state index contributed by atoms with van der Waals surface area (Å²) in [5.41, 5.74) is 0.242. The van der Waals surface area contributed by atoms with Gasteiger partial charge in [-0.2, -0.15) is 0 Å². The molecular weight excluding hydrogens is 468 g/mol. The fraction of sp³-hybridized carbons (Fsp3) is 0.618. The normalized spacial score (nSPS) is 23.7. The summed E-state index contributed by atoms with van der Waals surface area (Å²) >= 11 is 0. The maximum Gasteiger partial charge on any atom is 0.261 e. The third kappa shape index (κ3) is 5.69. The molecule has 4 atom stereocenters. The van der Waals surface area contributed by atoms with Crippen molar-refractivity contribution in [2.45, 2.75) is 93.0 Å². The molecule has 0 amide bonds. The minimum atomic E-state index is -2.53. The second-order valence-electron chi connectivity index (χ2n) is 13.9. The summed E-state index contributed by atoms with van der Waals surface area (Å²) in [6, 6.07) is 22.0. The zero-order valence-electron chi connectivity index (χ0n) is 25.0. The van der Waals surface area contributed by atoms with Gasteiger partial charge in [-0.1, -0.05) is 123 Å². The molecule has 2 aromatic rings. The van der Waals surface area contributed by atoms with E-state index in [0.717, 1.165) is 25.9 Å². The molecule has 0 N–H and O–H groups in total. The first kappa shape index (κ1) is 29.8. The lowest BCUT2D eigenvalue weighted by molar-refractivity contribution is -0.115. The third-order valence-corrected chi connectivity index (χ3v) is 15.5. The number of rotatable bonds is 11. The van der Waals surface area contributed by atoms with Gasteiger partial charge < -0.3 is 9.22 Å². The van der Waals surface area contributed by atoms with Crippen molar-refractivity contribution in [1.82, 2.24) is 0 Å². The number of hydrogen-bond acceptors (Lipinski definition) is 2. The Hall–Kier alpha value is -1.71. The summed E-state index contributed by atoms with van der Waals surface area (Å²) in [5.74, 6) is 1.80. The minimum absolute atomic E-state index is 0.00425. The van der Waals surface area contributed by atoms with Gasteiger partial charge in [0.25, 0.3) is 8.32 Å². The van der Waals surface area contributed by atoms with Gasteiger partial charge in [0.2, 0.25) is 0 Å². The van der Waals surface area contributed by atoms with E-state index in [9.17, 15) is 4.79 Å². The van der Waals surface area contributed by atoms with Crippen LogP contribution < -0.4 is 10.4 Å². The summed E-state index contributed by atoms with van der Waals surface area (Å²) in [7, 11) is -2.53. The first-order chi connectivity index (χ1) is 17.3. The zero-order valence-corrected chi connectivity index (χ0v) is 26.0. The van der Waals surface area contributed by atoms with E-state index in [4.69, 9.17) is 4.43 Å². The molecule has 1 aliphatic rings. The summed E-state index contributed by atoms with van der Waals surface area (Å²) in [4.78, 5) is 11.8. The maximum absolute atomic E-state index is 11.8. The fourth-order valence-corrected chi connectivity index (χ4v) is 11.7. The maximum atomic E-state index is 11.8. The highest BCUT2D eigenvalue weighted by molar-refractivity contribution is 6.99. The first-order valence-corrected chi connectivity index (χ1v) is 16.4. The Labute approximate surface area is 228 Å². The predicted molar refractivity (Wildman–Crippen MR) is 161 cm³/mol. The van der Waals surface area contributed by atoms with Gasteiger partial charge in [-0.15, -0.1) is 0 Å². The van der Waals surface area contributed by atoms with E-state index in [-0.39, 0.29) is 21.8 Å². The molecule has 0 radical (unpaired) electrons. The second-order valence-corrected chi connectivity index (χ2v) is 18.2. The van der Waals surface area contributed by atoms with Crippen LogP contribution in [-0.2, 0) is 9.22 Å². The lowest BCUT2D eigenvalue weighted by atomic mass is 9.59. The number of benzene rings is 2. The molecule has 3 heteroatoms. The van der Waals surface area contributed by atoms with E-state index in [1.165, 1.54) is 23.1 Å². The van der Waals surface area contributed by atoms with Crippen LogP contribution in [0.3, 0.4) is 0 Å². The van der Waals surface area contributed by atoms with Gasteiger partial charge in [-0.25, -0.2) is 0 Å². The van der Waals surface area contributed by atoms with E-state index in [0.29, 0.717) is 17.8 Å². The van der Waals surface area contributed by atoms with Crippen molar-refractivity contribution in [1.29, 1.82) is 0 Å². The van der Waals surface area contributed by atoms with Crippen LogP contribution in [-0.4, -0.2) is 21.2 Å². The molecule has 0 spiro atoms. The summed E-state index contributed by atoms with van der Waals surface area (Å²) < 4.78 is 7.34. The third-order valence-electron chi connectivity index (χ3n) is 10.5. The Morgan fingerprint density at radius 1 is 0.919 bits per heavy atom. The van der Waals surface area contributed by atoms with Crippen LogP contribution in [0.15, 0.2) is 60.7 Å². The summed E-state index contributed by atoms with van der Waals surface area (Å²) in [6.45, 7) is 22.1. The van der Waals surface area contributed by atoms with E-state index in [2.05, 4.69) is 123 Å². The molecule has 37 heavy (non-hydrogen) atoms. The molecule has 0 unspecified atom stereocenters. The molecule has 0 heterocycles. The standard InChI is InChI=1S/C34H52O2Si/c1-26(2)28(21-20-27(3)34(9)23-22-29(24-35)33(34,7)8)25-36-37(32(4,5)6,30-16-12-10-13-17-30)31-18-14-11-15-19-31/h10-19,24,26-29H,20-23,25H2,1-9H3/t27-,28-,29-,34+/m0/s1. The van der Waals surface area contributed by atoms with Crippen LogP contribution in [0.5, 0.6) is 0 Å². The van der Waals surface area contributed by atoms with E-state index >= 15 is 0 Å². The van der Waals surface area contributed by atoms with Crippen LogP contribution >= 0.6 is 0 Å². The lowest BCUT2D eigenvalue weighted by Gasteiger charge is -2.46. The average molecular weight is 521 g/mol. The van der Waals surface area contributed by atoms with Crippen LogP contribution in [0, 0.1) is 34.5 Å². The first-order valence-electron chi connectivity index (χ1n) is 14.5. The molecule has 0 aliphatic heterocycles. The van der Waals surface area contributed by atoms with Crippen molar-refractivity contribution in [3.63, 3.8) is 0 Å². The second kappa shape index (κ2) is 11.6. The zero-order chi connectivity index (χ0) is 27.5. The van der Waals surface area contributed by atoms with Gasteiger partial charge in [-0.05, 0) is 69.7 Å². The van der Waals surface area contributed by atoms with Crippen LogP contribution in [0.1, 0.15) is 88.0 Å². The molecule has 204 valence electrons. The summed E-state index contributed by atoms with van der Waals surface area (Å²) in [5, 5.41) is 2.70. The molecule has 0 bridgehead atoms. The predicted octanol–water partition coefficient (Wildman–Crippen LogP) is 7.89. The molecule has 1 saturated carbocycles. The van der Waals surface area contributed by atoms with Crippen LogP contribution in [0.2, 0.25) is 5.04 Å². The average Bonchev–Trinajstić information content (AvgIpc) is 3.10. The fourth-order valence-electron chi connectivity index (χ4n) is 7.07. The summed E-state index contributed by atoms with van der Waals surface area (Å²) in [6.07, 6.45) is 5.73. The number of carbonyl (C=O) groups is 1. The van der Waals surface area contributed by atoms with E-state index in [1.807, 2.05) is 0 Å². The topological polar surface area (TPSA) is 26.3 Å². The van der Waals surface area contributed by atoms with Gasteiger partial charge in [0.05, 0.1) is 0 Å². The minimum Gasteiger partial charge on any atom is -0.407 e. The Morgan fingerprint density at radius 3 is 1.84 bits per heavy atom. The molecule has 1 aliphatic carbocycles. The van der Waals surface area contributed by atoms with E-state index < -0.39 is 8.32 Å². The van der Waals surface area contributed by atoms with Gasteiger partial charge in [0, 0.05) is 12.5 Å². The Balaban J connectivity index is 1.85. The highest BCUT2D eigenvalue weighted by Gasteiger charge is 2.54. The number of hydrogen-bond donors (Lipinski definition) is 0. The highest BCUT2D eigenvalue weighted by Crippen LogP contribution is 2.59. The van der Waals surface area contributed by atoms with Crippen molar-refractivity contribution in [3.05, 3.63) is 60.7 Å². The number of aldehydes is 1. The van der Waals surface area contributed by atoms with Crippen molar-refractivity contribution in [2.24, 2.45) is 34.5 Å². The Kier molecular flexibility index (Phi) is 9.34. The van der Waals surface area contributed by atoms with Gasteiger partial charge in [-0.3, -0.25) is 0 Å². The lowest BCUT2D eigenvalue weighted by Crippen LogP contribution is -2.67. The van der Waals surface area contributed by atoms with Crippen molar-refractivity contribution < 1.29 is 9.22 Å². The molecular formula is C34H52O2Si. The monoisotopic (exact) mass is 520 g/mol. The molecule has 1 fully saturated rings. The SMILES string of the molecule is CC(C)[C@@H](CC[C@H](C)[C@@]1(C)CC[C@@H](C=O)C1(C)C)CO[Si](c1ccccc1)(c1ccccc1)C(C)(C)C. The van der Waals surface area contributed by atoms with Crippen LogP contribution in [0.4, 0.5) is 0 Å². The smallest absolute Gasteiger partial charge is 0.261 e. The van der Waals surface area contributed by atoms with Crippen molar-refractivity contribution >= 4 is 25.0 Å². The largest absolute Gasteiger partial charge is 0.407 e. The van der Waals surface area contributed by atoms with Crippen molar-refractivity contribution in [2.75, 3.05) is 6.61 Å². The van der Waals surface area contributed by atoms with Crippen LogP contribution in [0.25, 0.3) is 0 Å². The van der Waals surface area contributed by atoms with Gasteiger partial charge >= 0.3 is 0 Å². The number of carbonyl (C=O) groups excluding carboxylic acids is 1. The van der Waals surface area contributed by atoms with Gasteiger partial charge in [0.15, 0.2) is 0 Å². The Bertz CT molecular complexity index is 952. The highest BCUT2D eigenvalue weighted by atomic mass is 28.4. The molecule has 2 nitrogen and oxygen atoms in total.